The Labute approximate surface area is 415 Å². The molecule has 368 valence electrons. The predicted molar refractivity (Wildman–Crippen MR) is 283 cm³/mol. The standard InChI is InChI=1S/C28H34N8O.C26H32N8/c1-18(2)36-17-31-25-26(30-16-20-9-14-24(29-15-20)21-7-5-4-6-8-21)34-28(35-27(25)36)33-23-12-10-22(11-13-23)32-19(3)37;1-17(2)34-16-30-23-24(32-26(33-25(23)34)31-21-11-9-20(27)10-12-21)29-15-18-8-13-22(28-14-18)19-6-4-3-5-7-19/h4-9,14-15,17-18,22-23H,10-13,16H2,1-3H3,(H,32,37)(H2,30,33,34,35);3-8,13-14,16-17,20-21H,9-12,15,27H2,1-2H3,(H2,29,31,32,33). The molecule has 0 unspecified atom stereocenters. The maximum absolute atomic E-state index is 11.4. The third-order valence-electron chi connectivity index (χ3n) is 13.2. The minimum absolute atomic E-state index is 0.0350. The number of amides is 1. The van der Waals surface area contributed by atoms with Crippen molar-refractivity contribution in [1.82, 2.24) is 54.3 Å². The summed E-state index contributed by atoms with van der Waals surface area (Å²) in [4.78, 5) is 49.2. The maximum Gasteiger partial charge on any atom is 0.227 e. The molecule has 2 aliphatic rings. The predicted octanol–water partition coefficient (Wildman–Crippen LogP) is 9.70. The van der Waals surface area contributed by atoms with Gasteiger partial charge < -0.3 is 41.5 Å². The molecule has 6 heterocycles. The molecule has 0 aliphatic heterocycles. The van der Waals surface area contributed by atoms with E-state index in [0.29, 0.717) is 42.9 Å². The highest BCUT2D eigenvalue weighted by molar-refractivity contribution is 5.85. The van der Waals surface area contributed by atoms with Gasteiger partial charge in [-0.1, -0.05) is 72.8 Å². The van der Waals surface area contributed by atoms with E-state index < -0.39 is 0 Å². The summed E-state index contributed by atoms with van der Waals surface area (Å²) >= 11 is 0. The molecule has 0 radical (unpaired) electrons. The van der Waals surface area contributed by atoms with Crippen LogP contribution in [0, 0.1) is 0 Å². The van der Waals surface area contributed by atoms with Gasteiger partial charge in [-0.3, -0.25) is 14.8 Å². The fourth-order valence-corrected chi connectivity index (χ4v) is 9.25. The zero-order chi connectivity index (χ0) is 49.3. The van der Waals surface area contributed by atoms with E-state index in [9.17, 15) is 4.79 Å². The van der Waals surface area contributed by atoms with Crippen LogP contribution in [0.5, 0.6) is 0 Å². The van der Waals surface area contributed by atoms with E-state index in [1.165, 1.54) is 0 Å². The van der Waals surface area contributed by atoms with Crippen LogP contribution in [-0.2, 0) is 17.9 Å². The van der Waals surface area contributed by atoms with Crippen LogP contribution in [0.3, 0.4) is 0 Å². The number of fused-ring (bicyclic) bond motifs is 2. The number of carbonyl (C=O) groups excluding carboxylic acids is 1. The Bertz CT molecular complexity index is 2980. The molecule has 7 N–H and O–H groups in total. The minimum Gasteiger partial charge on any atom is -0.364 e. The zero-order valence-corrected chi connectivity index (χ0v) is 41.4. The van der Waals surface area contributed by atoms with Crippen LogP contribution < -0.4 is 32.3 Å². The Morgan fingerprint density at radius 2 is 0.986 bits per heavy atom. The van der Waals surface area contributed by atoms with Gasteiger partial charge in [0.05, 0.1) is 24.0 Å². The lowest BCUT2D eigenvalue weighted by molar-refractivity contribution is -0.119. The van der Waals surface area contributed by atoms with Crippen LogP contribution in [0.25, 0.3) is 44.8 Å². The van der Waals surface area contributed by atoms with Crippen molar-refractivity contribution in [2.45, 2.75) is 135 Å². The van der Waals surface area contributed by atoms with E-state index in [-0.39, 0.29) is 30.1 Å². The molecule has 17 heteroatoms. The van der Waals surface area contributed by atoms with Crippen molar-refractivity contribution >= 4 is 51.8 Å². The number of anilines is 4. The molecule has 17 nitrogen and oxygen atoms in total. The van der Waals surface area contributed by atoms with Gasteiger partial charge in [0, 0.05) is 79.8 Å². The second-order valence-corrected chi connectivity index (χ2v) is 19.3. The first kappa shape index (κ1) is 48.5. The van der Waals surface area contributed by atoms with E-state index >= 15 is 0 Å². The normalized spacial score (nSPS) is 18.0. The Morgan fingerprint density at radius 3 is 1.38 bits per heavy atom. The summed E-state index contributed by atoms with van der Waals surface area (Å²) in [7, 11) is 0. The molecule has 1 amide bonds. The molecule has 0 atom stereocenters. The molecule has 0 bridgehead atoms. The molecule has 71 heavy (non-hydrogen) atoms. The summed E-state index contributed by atoms with van der Waals surface area (Å²) < 4.78 is 4.15. The largest absolute Gasteiger partial charge is 0.364 e. The number of hydrogen-bond donors (Lipinski definition) is 6. The summed E-state index contributed by atoms with van der Waals surface area (Å²) in [6.07, 6.45) is 15.4. The third kappa shape index (κ3) is 12.3. The Morgan fingerprint density at radius 1 is 0.563 bits per heavy atom. The van der Waals surface area contributed by atoms with Gasteiger partial charge in [-0.25, -0.2) is 9.97 Å². The number of hydrogen-bond acceptors (Lipinski definition) is 14. The molecule has 2 fully saturated rings. The summed E-state index contributed by atoms with van der Waals surface area (Å²) in [6.45, 7) is 11.2. The van der Waals surface area contributed by atoms with Crippen LogP contribution in [0.2, 0.25) is 0 Å². The average Bonchev–Trinajstić information content (AvgIpc) is 4.03. The molecule has 2 saturated carbocycles. The van der Waals surface area contributed by atoms with Crippen LogP contribution in [0.15, 0.2) is 110 Å². The molecule has 0 spiro atoms. The average molecular weight is 955 g/mol. The van der Waals surface area contributed by atoms with E-state index in [1.807, 2.05) is 67.5 Å². The Balaban J connectivity index is 0.000000176. The molecule has 8 aromatic rings. The van der Waals surface area contributed by atoms with Crippen LogP contribution in [-0.4, -0.2) is 79.1 Å². The Kier molecular flexibility index (Phi) is 15.4. The van der Waals surface area contributed by atoms with Gasteiger partial charge in [-0.2, -0.15) is 19.9 Å². The first-order valence-corrected chi connectivity index (χ1v) is 25.1. The first-order valence-electron chi connectivity index (χ1n) is 25.1. The molecular formula is C54H66N16O. The molecule has 2 aromatic carbocycles. The first-order chi connectivity index (χ1) is 34.5. The van der Waals surface area contributed by atoms with Gasteiger partial charge >= 0.3 is 0 Å². The topological polar surface area (TPSA) is 216 Å². The summed E-state index contributed by atoms with van der Waals surface area (Å²) in [5.74, 6) is 2.69. The maximum atomic E-state index is 11.4. The minimum atomic E-state index is 0.0350. The van der Waals surface area contributed by atoms with E-state index in [1.54, 1.807) is 6.92 Å². The highest BCUT2D eigenvalue weighted by Gasteiger charge is 2.24. The molecule has 10 rings (SSSR count). The SMILES string of the molecule is CC(=O)NC1CCC(Nc2nc(NCc3ccc(-c4ccccc4)nc3)c3ncn(C(C)C)c3n2)CC1.CC(C)n1cnc2c(NCc3ccc(-c4ccccc4)nc3)nc(NC3CCC(N)CC3)nc21. The number of nitrogens with zero attached hydrogens (tertiary/aromatic N) is 10. The van der Waals surface area contributed by atoms with Crippen molar-refractivity contribution in [1.29, 1.82) is 0 Å². The second kappa shape index (κ2) is 22.5. The third-order valence-corrected chi connectivity index (χ3v) is 13.2. The van der Waals surface area contributed by atoms with Crippen molar-refractivity contribution in [3.63, 3.8) is 0 Å². The second-order valence-electron chi connectivity index (χ2n) is 19.3. The van der Waals surface area contributed by atoms with Crippen molar-refractivity contribution in [3.8, 4) is 22.5 Å². The number of rotatable bonds is 15. The Hall–Kier alpha value is -7.53. The van der Waals surface area contributed by atoms with Gasteiger partial charge in [0.2, 0.25) is 17.8 Å². The zero-order valence-electron chi connectivity index (χ0n) is 41.4. The number of benzene rings is 2. The molecular weight excluding hydrogens is 889 g/mol. The lowest BCUT2D eigenvalue weighted by Crippen LogP contribution is -2.39. The lowest BCUT2D eigenvalue weighted by Gasteiger charge is -2.29. The van der Waals surface area contributed by atoms with Gasteiger partial charge in [-0.05, 0) is 102 Å². The fourth-order valence-electron chi connectivity index (χ4n) is 9.25. The van der Waals surface area contributed by atoms with E-state index in [0.717, 1.165) is 113 Å². The monoisotopic (exact) mass is 955 g/mol. The highest BCUT2D eigenvalue weighted by Crippen LogP contribution is 2.29. The van der Waals surface area contributed by atoms with Crippen molar-refractivity contribution in [2.24, 2.45) is 5.73 Å². The number of carbonyl (C=O) groups is 1. The van der Waals surface area contributed by atoms with E-state index in [2.05, 4.69) is 126 Å². The molecule has 2 aliphatic carbocycles. The number of nitrogens with two attached hydrogens (primary N) is 1. The fraction of sp³-hybridized carbons (Fsp3) is 0.389. The van der Waals surface area contributed by atoms with Gasteiger partial charge in [0.15, 0.2) is 34.0 Å². The number of pyridine rings is 2. The van der Waals surface area contributed by atoms with Gasteiger partial charge in [0.1, 0.15) is 0 Å². The number of imidazole rings is 2. The number of nitrogens with one attached hydrogen (secondary N) is 5. The van der Waals surface area contributed by atoms with Gasteiger partial charge in [0.25, 0.3) is 0 Å². The summed E-state index contributed by atoms with van der Waals surface area (Å²) in [6, 6.07) is 30.3. The van der Waals surface area contributed by atoms with Crippen molar-refractivity contribution in [2.75, 3.05) is 21.3 Å². The molecule has 6 aromatic heterocycles. The van der Waals surface area contributed by atoms with Crippen LogP contribution in [0.4, 0.5) is 23.5 Å². The lowest BCUT2D eigenvalue weighted by atomic mass is 9.91. The summed E-state index contributed by atoms with van der Waals surface area (Å²) in [5, 5.41) is 17.1. The van der Waals surface area contributed by atoms with Crippen LogP contribution in [0.1, 0.15) is 109 Å². The van der Waals surface area contributed by atoms with Gasteiger partial charge in [-0.15, -0.1) is 0 Å². The smallest absolute Gasteiger partial charge is 0.227 e. The highest BCUT2D eigenvalue weighted by atomic mass is 16.1. The van der Waals surface area contributed by atoms with E-state index in [4.69, 9.17) is 25.7 Å². The van der Waals surface area contributed by atoms with Crippen molar-refractivity contribution in [3.05, 3.63) is 121 Å². The van der Waals surface area contributed by atoms with Crippen molar-refractivity contribution < 1.29 is 4.79 Å². The summed E-state index contributed by atoms with van der Waals surface area (Å²) in [5.41, 5.74) is 15.5. The van der Waals surface area contributed by atoms with Crippen LogP contribution >= 0.6 is 0 Å². The number of aromatic nitrogens is 10. The quantitative estimate of drug-likeness (QED) is 0.0564. The molecule has 0 saturated heterocycles.